The second kappa shape index (κ2) is 4.02. The number of hydrogen-bond donors (Lipinski definition) is 1. The van der Waals surface area contributed by atoms with Gasteiger partial charge in [0.25, 0.3) is 10.0 Å². The first-order valence-electron chi connectivity index (χ1n) is 4.37. The zero-order valence-electron chi connectivity index (χ0n) is 8.21. The molecule has 9 heteroatoms. The maximum Gasteiger partial charge on any atom is 0.265 e. The van der Waals surface area contributed by atoms with Gasteiger partial charge in [-0.15, -0.1) is 0 Å². The Kier molecular flexibility index (Phi) is 2.82. The van der Waals surface area contributed by atoms with Crippen LogP contribution in [0.25, 0.3) is 10.4 Å². The van der Waals surface area contributed by atoms with Crippen LogP contribution in [0.3, 0.4) is 0 Å². The Morgan fingerprint density at radius 3 is 2.82 bits per heavy atom. The summed E-state index contributed by atoms with van der Waals surface area (Å²) in [5, 5.41) is 2.58. The van der Waals surface area contributed by atoms with Gasteiger partial charge in [-0.1, -0.05) is 0 Å². The van der Waals surface area contributed by atoms with Gasteiger partial charge in [-0.25, -0.2) is 8.42 Å². The maximum absolute atomic E-state index is 11.6. The molecule has 0 spiro atoms. The van der Waals surface area contributed by atoms with Gasteiger partial charge in [-0.05, 0) is 39.2 Å². The third-order valence-electron chi connectivity index (χ3n) is 2.20. The third kappa shape index (κ3) is 2.12. The normalized spacial score (nSPS) is 13.8. The van der Waals surface area contributed by atoms with Gasteiger partial charge < -0.3 is 5.32 Å². The van der Waals surface area contributed by atoms with Crippen molar-refractivity contribution in [2.75, 3.05) is 5.32 Å². The number of hydrogen-bond acceptors (Lipinski definition) is 3. The number of carbonyl (C=O) groups excluding carboxylic acids is 1. The molecule has 0 radical (unpaired) electrons. The molecule has 2 rings (SSSR count). The number of azide groups is 1. The van der Waals surface area contributed by atoms with Gasteiger partial charge in [0.15, 0.2) is 0 Å². The summed E-state index contributed by atoms with van der Waals surface area (Å²) in [4.78, 5) is 13.3. The predicted molar refractivity (Wildman–Crippen MR) is 62.8 cm³/mol. The molecular weight excluding hydrogens is 312 g/mol. The fraction of sp³-hybridized carbons (Fsp3) is 0.125. The molecule has 1 aromatic carbocycles. The van der Waals surface area contributed by atoms with Crippen molar-refractivity contribution in [3.63, 3.8) is 0 Å². The van der Waals surface area contributed by atoms with E-state index in [4.69, 9.17) is 5.53 Å². The molecular formula is C8H5BrN4O3S. The van der Waals surface area contributed by atoms with Crippen LogP contribution in [0.5, 0.6) is 0 Å². The summed E-state index contributed by atoms with van der Waals surface area (Å²) in [6, 6.07) is 2.79. The molecule has 0 bridgehead atoms. The zero-order valence-corrected chi connectivity index (χ0v) is 10.6. The lowest BCUT2D eigenvalue weighted by molar-refractivity contribution is -0.115. The minimum Gasteiger partial charge on any atom is -0.325 e. The topological polar surface area (TPSA) is 112 Å². The molecule has 1 N–H and O–H groups in total. The Morgan fingerprint density at radius 1 is 1.47 bits per heavy atom. The first-order valence-corrected chi connectivity index (χ1v) is 6.61. The number of amides is 1. The summed E-state index contributed by atoms with van der Waals surface area (Å²) in [6.45, 7) is 0. The van der Waals surface area contributed by atoms with Gasteiger partial charge in [-0.2, -0.15) is 0 Å². The van der Waals surface area contributed by atoms with Gasteiger partial charge in [-0.3, -0.25) is 4.79 Å². The van der Waals surface area contributed by atoms with Crippen LogP contribution in [-0.4, -0.2) is 14.3 Å². The molecule has 0 aromatic heterocycles. The summed E-state index contributed by atoms with van der Waals surface area (Å²) in [5.74, 6) is -0.203. The quantitative estimate of drug-likeness (QED) is 0.511. The van der Waals surface area contributed by atoms with Crippen molar-refractivity contribution >= 4 is 37.5 Å². The highest BCUT2D eigenvalue weighted by atomic mass is 79.9. The number of anilines is 1. The van der Waals surface area contributed by atoms with Crippen molar-refractivity contribution < 1.29 is 13.2 Å². The van der Waals surface area contributed by atoms with Gasteiger partial charge in [0.05, 0.1) is 11.3 Å². The average Bonchev–Trinajstić information content (AvgIpc) is 2.55. The van der Waals surface area contributed by atoms with Crippen molar-refractivity contribution in [3.8, 4) is 0 Å². The van der Waals surface area contributed by atoms with Crippen LogP contribution < -0.4 is 5.32 Å². The Morgan fingerprint density at radius 2 is 2.18 bits per heavy atom. The SMILES string of the molecule is [N-]=[N+]=NS(=O)(=O)c1cc2c(cc1Br)NC(=O)C2. The maximum atomic E-state index is 11.6. The summed E-state index contributed by atoms with van der Waals surface area (Å²) in [5.41, 5.74) is 9.30. The van der Waals surface area contributed by atoms with E-state index in [2.05, 4.69) is 30.7 Å². The Bertz CT molecular complexity index is 664. The molecule has 1 aromatic rings. The monoisotopic (exact) mass is 316 g/mol. The summed E-state index contributed by atoms with van der Waals surface area (Å²) in [6.07, 6.45) is 0.113. The molecule has 0 unspecified atom stereocenters. The van der Waals surface area contributed by atoms with Crippen molar-refractivity contribution in [3.05, 3.63) is 32.6 Å². The molecule has 7 nitrogen and oxygen atoms in total. The van der Waals surface area contributed by atoms with E-state index in [-0.39, 0.29) is 21.7 Å². The molecule has 1 heterocycles. The molecule has 17 heavy (non-hydrogen) atoms. The minimum absolute atomic E-state index is 0.113. The molecule has 1 amide bonds. The first-order chi connectivity index (χ1) is 7.94. The van der Waals surface area contributed by atoms with Crippen LogP contribution >= 0.6 is 15.9 Å². The Balaban J connectivity index is 2.63. The van der Waals surface area contributed by atoms with E-state index in [0.717, 1.165) is 0 Å². The molecule has 0 saturated heterocycles. The van der Waals surface area contributed by atoms with Crippen LogP contribution in [0.4, 0.5) is 5.69 Å². The van der Waals surface area contributed by atoms with Gasteiger partial charge in [0.2, 0.25) is 5.91 Å². The fourth-order valence-corrected chi connectivity index (χ4v) is 3.25. The van der Waals surface area contributed by atoms with E-state index in [1.54, 1.807) is 0 Å². The van der Waals surface area contributed by atoms with E-state index in [1.807, 2.05) is 0 Å². The number of sulfonamides is 1. The highest BCUT2D eigenvalue weighted by Crippen LogP contribution is 2.33. The lowest BCUT2D eigenvalue weighted by atomic mass is 10.2. The lowest BCUT2D eigenvalue weighted by Gasteiger charge is -2.04. The third-order valence-corrected chi connectivity index (χ3v) is 4.30. The van der Waals surface area contributed by atoms with Crippen molar-refractivity contribution in [1.29, 1.82) is 0 Å². The number of nitrogens with zero attached hydrogens (tertiary/aromatic N) is 3. The number of halogens is 1. The van der Waals surface area contributed by atoms with Crippen molar-refractivity contribution in [2.45, 2.75) is 11.3 Å². The largest absolute Gasteiger partial charge is 0.325 e. The highest BCUT2D eigenvalue weighted by Gasteiger charge is 2.24. The summed E-state index contributed by atoms with van der Waals surface area (Å²) in [7, 11) is -4.06. The highest BCUT2D eigenvalue weighted by molar-refractivity contribution is 9.10. The van der Waals surface area contributed by atoms with E-state index >= 15 is 0 Å². The van der Waals surface area contributed by atoms with Gasteiger partial charge in [0.1, 0.15) is 0 Å². The molecule has 0 saturated carbocycles. The molecule has 1 aliphatic heterocycles. The van der Waals surface area contributed by atoms with E-state index in [0.29, 0.717) is 11.3 Å². The first kappa shape index (κ1) is 11.9. The molecule has 0 atom stereocenters. The average molecular weight is 317 g/mol. The van der Waals surface area contributed by atoms with Crippen molar-refractivity contribution in [1.82, 2.24) is 0 Å². The Labute approximate surface area is 105 Å². The number of benzene rings is 1. The second-order valence-electron chi connectivity index (χ2n) is 3.31. The number of fused-ring (bicyclic) bond motifs is 1. The minimum atomic E-state index is -4.06. The molecule has 0 aliphatic carbocycles. The molecule has 0 fully saturated rings. The standard InChI is InChI=1S/C8H5BrN4O3S/c9-5-3-6-4(2-8(14)11-6)1-7(5)17(15,16)13-12-10/h1,3H,2H2,(H,11,14). The van der Waals surface area contributed by atoms with E-state index in [1.165, 1.54) is 12.1 Å². The van der Waals surface area contributed by atoms with Gasteiger partial charge >= 0.3 is 0 Å². The van der Waals surface area contributed by atoms with Crippen LogP contribution in [0.1, 0.15) is 5.56 Å². The second-order valence-corrected chi connectivity index (χ2v) is 5.72. The number of rotatable bonds is 2. The fourth-order valence-electron chi connectivity index (χ4n) is 1.52. The molecule has 88 valence electrons. The van der Waals surface area contributed by atoms with Gasteiger partial charge in [0, 0.05) is 19.6 Å². The molecule has 1 aliphatic rings. The smallest absolute Gasteiger partial charge is 0.265 e. The zero-order chi connectivity index (χ0) is 12.6. The number of carbonyl (C=O) groups is 1. The summed E-state index contributed by atoms with van der Waals surface area (Å²) >= 11 is 3.06. The predicted octanol–water partition coefficient (Wildman–Crippen LogP) is 1.94. The number of nitrogens with one attached hydrogen (secondary N) is 1. The van der Waals surface area contributed by atoms with E-state index in [9.17, 15) is 13.2 Å². The van der Waals surface area contributed by atoms with Crippen LogP contribution in [-0.2, 0) is 21.2 Å². The lowest BCUT2D eigenvalue weighted by Crippen LogP contribution is -2.03. The van der Waals surface area contributed by atoms with E-state index < -0.39 is 10.0 Å². The Hall–Kier alpha value is -1.57. The van der Waals surface area contributed by atoms with Crippen LogP contribution in [0.2, 0.25) is 0 Å². The summed E-state index contributed by atoms with van der Waals surface area (Å²) < 4.78 is 26.1. The van der Waals surface area contributed by atoms with Crippen LogP contribution in [0.15, 0.2) is 26.0 Å². The van der Waals surface area contributed by atoms with Crippen molar-refractivity contribution in [2.24, 2.45) is 4.52 Å². The van der Waals surface area contributed by atoms with Crippen LogP contribution in [0, 0.1) is 0 Å².